The molecule has 0 N–H and O–H groups in total. The van der Waals surface area contributed by atoms with Crippen LogP contribution in [0.4, 0.5) is 22.7 Å². The maximum absolute atomic E-state index is 7.15. The van der Waals surface area contributed by atoms with Gasteiger partial charge in [0.05, 0.1) is 0 Å². The number of ether oxygens (including phenoxy) is 1. The minimum absolute atomic E-state index is 0. The molecule has 0 unspecified atom stereocenters. The van der Waals surface area contributed by atoms with E-state index in [1.807, 2.05) is 24.4 Å². The van der Waals surface area contributed by atoms with Crippen LogP contribution < -0.4 is 14.5 Å². The third-order valence-corrected chi connectivity index (χ3v) is 18.3. The second-order valence-electron chi connectivity index (χ2n) is 30.9. The molecular weight excluding hydrogens is 1260 g/mol. The zero-order valence-corrected chi connectivity index (χ0v) is 58.1. The maximum Gasteiger partial charge on any atom is 0.135 e. The molecule has 0 saturated carbocycles. The SMILES string of the molecule is Cc1c(C)c(-c2cc(C(C)(C)C)cc(C(C)(C)C)c2)c(N2[CH-]N(c3[c-]c(Oc4[c-]c5c(cc4)c4c6oc7ccccc7c6ccc4n5-c4cc(C(C)(C)C)ccn4)cc(C(C)(C)C)c3)c3ccccc32)c(-c2cc(C(C)(C)C)cc(C(C)(C)C)c2)c1C.[Pt]. The second kappa shape index (κ2) is 21.7. The summed E-state index contributed by atoms with van der Waals surface area (Å²) in [6, 6.07) is 56.9. The van der Waals surface area contributed by atoms with Gasteiger partial charge in [-0.25, -0.2) is 4.98 Å². The molecule has 88 heavy (non-hydrogen) atoms. The van der Waals surface area contributed by atoms with Crippen molar-refractivity contribution in [3.8, 4) is 39.6 Å². The quantitative estimate of drug-likeness (QED) is 0.149. The molecule has 0 atom stereocenters. The Morgan fingerprint density at radius 3 is 1.50 bits per heavy atom. The van der Waals surface area contributed by atoms with Crippen molar-refractivity contribution < 1.29 is 30.2 Å². The average molecular weight is 1340 g/mol. The van der Waals surface area contributed by atoms with Crippen molar-refractivity contribution in [1.82, 2.24) is 9.55 Å². The van der Waals surface area contributed by atoms with Gasteiger partial charge in [0.15, 0.2) is 0 Å². The zero-order chi connectivity index (χ0) is 62.4. The smallest absolute Gasteiger partial charge is 0.135 e. The van der Waals surface area contributed by atoms with Crippen LogP contribution in [-0.2, 0) is 53.6 Å². The predicted octanol–water partition coefficient (Wildman–Crippen LogP) is 22.9. The van der Waals surface area contributed by atoms with Gasteiger partial charge >= 0.3 is 0 Å². The van der Waals surface area contributed by atoms with Crippen LogP contribution in [0.3, 0.4) is 0 Å². The molecule has 0 radical (unpaired) electrons. The van der Waals surface area contributed by atoms with Crippen LogP contribution in [0.15, 0.2) is 144 Å². The summed E-state index contributed by atoms with van der Waals surface area (Å²) >= 11 is 0. The molecule has 456 valence electrons. The molecule has 0 bridgehead atoms. The first-order valence-corrected chi connectivity index (χ1v) is 31.2. The first-order valence-electron chi connectivity index (χ1n) is 31.2. The maximum atomic E-state index is 7.15. The van der Waals surface area contributed by atoms with Gasteiger partial charge in [-0.2, -0.15) is 6.07 Å². The number of aromatic nitrogens is 2. The molecule has 3 aromatic heterocycles. The number of hydrogen-bond acceptors (Lipinski definition) is 5. The van der Waals surface area contributed by atoms with Gasteiger partial charge in [-0.3, -0.25) is 0 Å². The van der Waals surface area contributed by atoms with Crippen molar-refractivity contribution in [3.05, 3.63) is 209 Å². The van der Waals surface area contributed by atoms with Crippen molar-refractivity contribution >= 4 is 66.5 Å². The normalized spacial score (nSPS) is 13.6. The summed E-state index contributed by atoms with van der Waals surface area (Å²) in [6.45, 7) is 50.9. The van der Waals surface area contributed by atoms with Gasteiger partial charge in [-0.15, -0.1) is 48.3 Å². The molecule has 11 aromatic rings. The summed E-state index contributed by atoms with van der Waals surface area (Å²) < 4.78 is 16.1. The topological polar surface area (TPSA) is 46.7 Å². The molecular formula is C81H87N4O2Pt-3. The van der Waals surface area contributed by atoms with Crippen molar-refractivity contribution in [2.24, 2.45) is 0 Å². The Morgan fingerprint density at radius 2 is 0.955 bits per heavy atom. The Kier molecular flexibility index (Phi) is 15.3. The van der Waals surface area contributed by atoms with Crippen LogP contribution in [0.2, 0.25) is 0 Å². The Morgan fingerprint density at radius 1 is 0.455 bits per heavy atom. The largest absolute Gasteiger partial charge is 0.509 e. The number of fused-ring (bicyclic) bond motifs is 8. The Bertz CT molecular complexity index is 4400. The van der Waals surface area contributed by atoms with Crippen molar-refractivity contribution in [3.63, 3.8) is 0 Å². The summed E-state index contributed by atoms with van der Waals surface area (Å²) in [4.78, 5) is 9.85. The van der Waals surface area contributed by atoms with E-state index in [4.69, 9.17) is 14.1 Å². The molecule has 0 fully saturated rings. The van der Waals surface area contributed by atoms with Gasteiger partial charge in [-0.05, 0) is 157 Å². The number of anilines is 4. The number of hydrogen-bond donors (Lipinski definition) is 0. The molecule has 12 rings (SSSR count). The van der Waals surface area contributed by atoms with E-state index in [2.05, 4.69) is 294 Å². The van der Waals surface area contributed by atoms with Crippen LogP contribution >= 0.6 is 0 Å². The fourth-order valence-electron chi connectivity index (χ4n) is 12.6. The van der Waals surface area contributed by atoms with Gasteiger partial charge in [0.1, 0.15) is 17.0 Å². The second-order valence-corrected chi connectivity index (χ2v) is 30.9. The van der Waals surface area contributed by atoms with E-state index in [-0.39, 0.29) is 53.6 Å². The Hall–Kier alpha value is -7.40. The molecule has 0 amide bonds. The van der Waals surface area contributed by atoms with Gasteiger partial charge in [0.2, 0.25) is 0 Å². The third-order valence-electron chi connectivity index (χ3n) is 18.3. The fourth-order valence-corrected chi connectivity index (χ4v) is 12.6. The van der Waals surface area contributed by atoms with E-state index in [1.54, 1.807) is 0 Å². The third kappa shape index (κ3) is 11.1. The standard InChI is InChI=1S/C81H87N4O2.Pt/c1-48-49(2)71(51-36-54(77(7,8)9)40-55(37-51)78(10,11)12)74(72(50(48)3)52-38-56(79(13,14)15)41-57(39-52)80(16,17)18)84-47-83(65-27-23-24-28-66(65)84)59-42-58(81(19,20)21)43-61(45-59)86-60-30-31-64-68(46-60)85(70-44-53(34-35-82-70)76(4,5)6)67-33-32-63-62-26-22-25-29-69(62)87-75(63)73(64)67;/h22-44,47H,1-21H3;/q-3;. The van der Waals surface area contributed by atoms with Crippen LogP contribution in [0, 0.1) is 39.6 Å². The predicted molar refractivity (Wildman–Crippen MR) is 369 cm³/mol. The average Bonchev–Trinajstić information content (AvgIpc) is 1.63. The number of benzene rings is 8. The van der Waals surface area contributed by atoms with Gasteiger partial charge in [0.25, 0.3) is 0 Å². The Labute approximate surface area is 538 Å². The Balaban J connectivity index is 0.00000800. The minimum Gasteiger partial charge on any atom is -0.509 e. The first kappa shape index (κ1) is 62.2. The number of furan rings is 1. The molecule has 0 aliphatic carbocycles. The van der Waals surface area contributed by atoms with E-state index in [9.17, 15) is 0 Å². The summed E-state index contributed by atoms with van der Waals surface area (Å²) in [5.74, 6) is 1.97. The van der Waals surface area contributed by atoms with Crippen LogP contribution in [0.25, 0.3) is 71.8 Å². The molecule has 1 aliphatic heterocycles. The van der Waals surface area contributed by atoms with Gasteiger partial charge in [0, 0.05) is 83.2 Å². The fraction of sp³-hybridized carbons (Fsp3) is 0.333. The summed E-state index contributed by atoms with van der Waals surface area (Å²) in [5, 5.41) is 4.17. The molecule has 7 heteroatoms. The van der Waals surface area contributed by atoms with E-state index >= 15 is 0 Å². The zero-order valence-electron chi connectivity index (χ0n) is 55.8. The van der Waals surface area contributed by atoms with E-state index in [0.29, 0.717) is 11.5 Å². The van der Waals surface area contributed by atoms with Crippen molar-refractivity contribution in [1.29, 1.82) is 0 Å². The van der Waals surface area contributed by atoms with Crippen molar-refractivity contribution in [2.75, 3.05) is 9.80 Å². The molecule has 4 heterocycles. The molecule has 0 spiro atoms. The summed E-state index contributed by atoms with van der Waals surface area (Å²) in [7, 11) is 0. The number of nitrogens with zero attached hydrogens (tertiary/aromatic N) is 4. The van der Waals surface area contributed by atoms with Crippen molar-refractivity contribution in [2.45, 2.75) is 178 Å². The summed E-state index contributed by atoms with van der Waals surface area (Å²) in [5.41, 5.74) is 23.3. The van der Waals surface area contributed by atoms with E-state index in [0.717, 1.165) is 77.9 Å². The number of para-hydroxylation sites is 3. The van der Waals surface area contributed by atoms with Crippen LogP contribution in [0.1, 0.15) is 175 Å². The molecule has 8 aromatic carbocycles. The monoisotopic (exact) mass is 1340 g/mol. The first-order chi connectivity index (χ1) is 40.6. The van der Waals surface area contributed by atoms with Crippen LogP contribution in [-0.4, -0.2) is 9.55 Å². The minimum atomic E-state index is -0.250. The van der Waals surface area contributed by atoms with Gasteiger partial charge in [-0.1, -0.05) is 202 Å². The molecule has 6 nitrogen and oxygen atoms in total. The van der Waals surface area contributed by atoms with E-state index in [1.165, 1.54) is 66.8 Å². The molecule has 1 aliphatic rings. The molecule has 0 saturated heterocycles. The van der Waals surface area contributed by atoms with E-state index < -0.39 is 0 Å². The summed E-state index contributed by atoms with van der Waals surface area (Å²) in [6.07, 6.45) is 1.92. The number of pyridine rings is 1. The van der Waals surface area contributed by atoms with Gasteiger partial charge < -0.3 is 23.5 Å². The number of rotatable bonds is 7. The van der Waals surface area contributed by atoms with Crippen LogP contribution in [0.5, 0.6) is 11.5 Å².